The Kier molecular flexibility index (Phi) is 6.70. The number of aromatic nitrogens is 3. The highest BCUT2D eigenvalue weighted by Gasteiger charge is 2.44. The van der Waals surface area contributed by atoms with Crippen molar-refractivity contribution in [2.75, 3.05) is 20.8 Å². The molecule has 2 atom stereocenters. The van der Waals surface area contributed by atoms with Crippen LogP contribution in [0.25, 0.3) is 5.69 Å². The number of rotatable bonds is 6. The summed E-state index contributed by atoms with van der Waals surface area (Å²) in [5.41, 5.74) is 1.92. The number of para-hydroxylation sites is 1. The van der Waals surface area contributed by atoms with Crippen LogP contribution in [0.15, 0.2) is 36.4 Å². The van der Waals surface area contributed by atoms with Crippen LogP contribution in [0.3, 0.4) is 0 Å². The van der Waals surface area contributed by atoms with Gasteiger partial charge >= 0.3 is 12.1 Å². The monoisotopic (exact) mass is 491 g/mol. The standard InChI is InChI=1S/C24H24F3N3O5/c1-5-34-19(31)12-18-22-28-29-23(24(25,26)27)30(22)16-10-9-13(2)11-15(16)20(35-18)14-7-6-8-17(32-3)21(14)33-4/h6-11,18,20H,5,12H2,1-4H3/t18-,20-/m1/s1. The van der Waals surface area contributed by atoms with Crippen LogP contribution in [0.4, 0.5) is 13.2 Å². The molecule has 0 radical (unpaired) electrons. The molecule has 2 heterocycles. The molecule has 0 unspecified atom stereocenters. The Morgan fingerprint density at radius 3 is 2.54 bits per heavy atom. The fraction of sp³-hybridized carbons (Fsp3) is 0.375. The van der Waals surface area contributed by atoms with E-state index in [1.807, 2.05) is 6.92 Å². The molecule has 186 valence electrons. The van der Waals surface area contributed by atoms with Gasteiger partial charge in [-0.3, -0.25) is 9.36 Å². The molecule has 0 N–H and O–H groups in total. The Labute approximate surface area is 199 Å². The van der Waals surface area contributed by atoms with E-state index in [-0.39, 0.29) is 24.5 Å². The highest BCUT2D eigenvalue weighted by molar-refractivity contribution is 5.70. The van der Waals surface area contributed by atoms with Crippen molar-refractivity contribution in [3.05, 3.63) is 64.7 Å². The maximum absolute atomic E-state index is 14.0. The fourth-order valence-electron chi connectivity index (χ4n) is 4.18. The number of esters is 1. The second kappa shape index (κ2) is 9.57. The van der Waals surface area contributed by atoms with Gasteiger partial charge in [-0.25, -0.2) is 0 Å². The number of ether oxygens (including phenoxy) is 4. The summed E-state index contributed by atoms with van der Waals surface area (Å²) in [6.07, 6.45) is -7.27. The first kappa shape index (κ1) is 24.5. The van der Waals surface area contributed by atoms with Crippen LogP contribution < -0.4 is 9.47 Å². The predicted molar refractivity (Wildman–Crippen MR) is 118 cm³/mol. The molecule has 0 amide bonds. The van der Waals surface area contributed by atoms with Crippen LogP contribution in [0.1, 0.15) is 53.9 Å². The van der Waals surface area contributed by atoms with Crippen LogP contribution in [-0.2, 0) is 20.4 Å². The zero-order valence-corrected chi connectivity index (χ0v) is 19.5. The van der Waals surface area contributed by atoms with Crippen molar-refractivity contribution in [3.8, 4) is 17.2 Å². The first-order valence-electron chi connectivity index (χ1n) is 10.8. The van der Waals surface area contributed by atoms with Gasteiger partial charge in [0.2, 0.25) is 5.82 Å². The third-order valence-electron chi connectivity index (χ3n) is 5.61. The van der Waals surface area contributed by atoms with E-state index in [2.05, 4.69) is 10.2 Å². The largest absolute Gasteiger partial charge is 0.493 e. The molecule has 2 aromatic carbocycles. The number of nitrogens with zero attached hydrogens (tertiary/aromatic N) is 3. The lowest BCUT2D eigenvalue weighted by atomic mass is 9.96. The number of hydrogen-bond donors (Lipinski definition) is 0. The van der Waals surface area contributed by atoms with Gasteiger partial charge in [0.25, 0.3) is 0 Å². The minimum absolute atomic E-state index is 0.110. The maximum Gasteiger partial charge on any atom is 0.452 e. The van der Waals surface area contributed by atoms with Gasteiger partial charge in [0.05, 0.1) is 32.9 Å². The van der Waals surface area contributed by atoms with Crippen molar-refractivity contribution in [2.45, 2.75) is 38.7 Å². The number of methoxy groups -OCH3 is 2. The van der Waals surface area contributed by atoms with Gasteiger partial charge in [-0.2, -0.15) is 13.2 Å². The second-order valence-corrected chi connectivity index (χ2v) is 7.87. The molecule has 35 heavy (non-hydrogen) atoms. The Morgan fingerprint density at radius 1 is 1.11 bits per heavy atom. The van der Waals surface area contributed by atoms with E-state index in [9.17, 15) is 18.0 Å². The van der Waals surface area contributed by atoms with E-state index in [1.165, 1.54) is 14.2 Å². The summed E-state index contributed by atoms with van der Waals surface area (Å²) < 4.78 is 65.2. The van der Waals surface area contributed by atoms with Crippen LogP contribution in [-0.4, -0.2) is 41.6 Å². The molecule has 1 aliphatic heterocycles. The maximum atomic E-state index is 14.0. The van der Waals surface area contributed by atoms with Crippen molar-refractivity contribution < 1.29 is 36.9 Å². The lowest BCUT2D eigenvalue weighted by Crippen LogP contribution is -2.18. The van der Waals surface area contributed by atoms with Crippen molar-refractivity contribution in [2.24, 2.45) is 0 Å². The summed E-state index contributed by atoms with van der Waals surface area (Å²) in [6.45, 7) is 3.57. The zero-order valence-electron chi connectivity index (χ0n) is 19.5. The smallest absolute Gasteiger partial charge is 0.452 e. The molecule has 1 aromatic heterocycles. The molecule has 4 rings (SSSR count). The number of benzene rings is 2. The summed E-state index contributed by atoms with van der Waals surface area (Å²) in [4.78, 5) is 12.4. The number of halogens is 3. The number of aryl methyl sites for hydroxylation is 1. The molecule has 11 heteroatoms. The number of alkyl halides is 3. The highest BCUT2D eigenvalue weighted by Crippen LogP contribution is 2.47. The summed E-state index contributed by atoms with van der Waals surface area (Å²) in [5, 5.41) is 7.21. The highest BCUT2D eigenvalue weighted by atomic mass is 19.4. The average molecular weight is 491 g/mol. The lowest BCUT2D eigenvalue weighted by molar-refractivity contribution is -0.147. The molecule has 8 nitrogen and oxygen atoms in total. The van der Waals surface area contributed by atoms with E-state index >= 15 is 0 Å². The van der Waals surface area contributed by atoms with Crippen LogP contribution in [0.2, 0.25) is 0 Å². The molecular formula is C24H24F3N3O5. The minimum atomic E-state index is -4.80. The summed E-state index contributed by atoms with van der Waals surface area (Å²) >= 11 is 0. The van der Waals surface area contributed by atoms with E-state index in [1.54, 1.807) is 43.3 Å². The Hall–Kier alpha value is -3.60. The van der Waals surface area contributed by atoms with Crippen LogP contribution in [0.5, 0.6) is 11.5 Å². The Balaban J connectivity index is 2.00. The Bertz CT molecular complexity index is 1240. The number of fused-ring (bicyclic) bond motifs is 3. The van der Waals surface area contributed by atoms with Crippen molar-refractivity contribution >= 4 is 5.97 Å². The first-order valence-corrected chi connectivity index (χ1v) is 10.8. The van der Waals surface area contributed by atoms with Crippen LogP contribution >= 0.6 is 0 Å². The normalized spacial score (nSPS) is 17.2. The summed E-state index contributed by atoms with van der Waals surface area (Å²) in [7, 11) is 2.94. The van der Waals surface area contributed by atoms with Gasteiger partial charge in [-0.1, -0.05) is 29.8 Å². The van der Waals surface area contributed by atoms with Crippen molar-refractivity contribution in [3.63, 3.8) is 0 Å². The van der Waals surface area contributed by atoms with E-state index < -0.39 is 30.2 Å². The molecule has 3 aromatic rings. The lowest BCUT2D eigenvalue weighted by Gasteiger charge is -2.24. The molecule has 0 saturated carbocycles. The molecule has 0 saturated heterocycles. The van der Waals surface area contributed by atoms with Gasteiger partial charge in [-0.15, -0.1) is 10.2 Å². The SMILES string of the molecule is CCOC(=O)C[C@H]1O[C@H](c2cccc(OC)c2OC)c2cc(C)ccc2-n2c1nnc2C(F)(F)F. The van der Waals surface area contributed by atoms with Crippen molar-refractivity contribution in [1.29, 1.82) is 0 Å². The zero-order chi connectivity index (χ0) is 25.3. The molecule has 0 bridgehead atoms. The van der Waals surface area contributed by atoms with Gasteiger partial charge in [0.1, 0.15) is 12.2 Å². The molecule has 0 aliphatic carbocycles. The molecule has 0 spiro atoms. The Morgan fingerprint density at radius 2 is 1.89 bits per heavy atom. The van der Waals surface area contributed by atoms with Gasteiger partial charge in [-0.05, 0) is 26.0 Å². The average Bonchev–Trinajstić information content (AvgIpc) is 3.22. The van der Waals surface area contributed by atoms with E-state index in [0.29, 0.717) is 22.6 Å². The topological polar surface area (TPSA) is 84.7 Å². The third kappa shape index (κ3) is 4.55. The summed E-state index contributed by atoms with van der Waals surface area (Å²) in [5.74, 6) is -1.23. The van der Waals surface area contributed by atoms with Gasteiger partial charge in [0.15, 0.2) is 17.3 Å². The molecule has 1 aliphatic rings. The van der Waals surface area contributed by atoms with Gasteiger partial charge < -0.3 is 18.9 Å². The second-order valence-electron chi connectivity index (χ2n) is 7.87. The predicted octanol–water partition coefficient (Wildman–Crippen LogP) is 4.73. The van der Waals surface area contributed by atoms with Crippen LogP contribution in [0, 0.1) is 6.92 Å². The van der Waals surface area contributed by atoms with Gasteiger partial charge in [0, 0.05) is 11.1 Å². The van der Waals surface area contributed by atoms with E-state index in [4.69, 9.17) is 18.9 Å². The number of carbonyl (C=O) groups excluding carboxylic acids is 1. The molecular weight excluding hydrogens is 467 g/mol. The number of carbonyl (C=O) groups is 1. The van der Waals surface area contributed by atoms with E-state index in [0.717, 1.165) is 10.1 Å². The number of hydrogen-bond acceptors (Lipinski definition) is 7. The van der Waals surface area contributed by atoms with Crippen molar-refractivity contribution in [1.82, 2.24) is 14.8 Å². The quantitative estimate of drug-likeness (QED) is 0.461. The third-order valence-corrected chi connectivity index (χ3v) is 5.61. The molecule has 0 fully saturated rings. The first-order chi connectivity index (χ1) is 16.7. The fourth-order valence-corrected chi connectivity index (χ4v) is 4.18. The summed E-state index contributed by atoms with van der Waals surface area (Å²) in [6, 6.07) is 10.1. The minimum Gasteiger partial charge on any atom is -0.493 e.